The van der Waals surface area contributed by atoms with Crippen molar-refractivity contribution in [1.82, 2.24) is 10.6 Å². The van der Waals surface area contributed by atoms with Crippen molar-refractivity contribution in [3.63, 3.8) is 0 Å². The number of amides is 2. The molecule has 0 aliphatic carbocycles. The summed E-state index contributed by atoms with van der Waals surface area (Å²) in [6, 6.07) is 5.44. The van der Waals surface area contributed by atoms with Crippen molar-refractivity contribution >= 4 is 29.9 Å². The van der Waals surface area contributed by atoms with Crippen LogP contribution in [0, 0.1) is 12.8 Å². The maximum absolute atomic E-state index is 12.1. The van der Waals surface area contributed by atoms with Gasteiger partial charge in [-0.25, -0.2) is 0 Å². The normalized spacial score (nSPS) is 17.2. The third-order valence-electron chi connectivity index (χ3n) is 3.34. The van der Waals surface area contributed by atoms with Gasteiger partial charge < -0.3 is 16.0 Å². The van der Waals surface area contributed by atoms with Crippen LogP contribution in [0.3, 0.4) is 0 Å². The van der Waals surface area contributed by atoms with Gasteiger partial charge in [-0.3, -0.25) is 9.59 Å². The number of hydrogen-bond donors (Lipinski definition) is 3. The van der Waals surface area contributed by atoms with Crippen LogP contribution >= 0.6 is 12.4 Å². The maximum Gasteiger partial charge on any atom is 0.253 e. The van der Waals surface area contributed by atoms with Crippen LogP contribution in [0.25, 0.3) is 0 Å². The molecule has 1 aliphatic rings. The zero-order chi connectivity index (χ0) is 13.8. The second-order valence-electron chi connectivity index (χ2n) is 4.81. The van der Waals surface area contributed by atoms with Gasteiger partial charge in [0, 0.05) is 13.6 Å². The Morgan fingerprint density at radius 3 is 2.70 bits per heavy atom. The highest BCUT2D eigenvalue weighted by atomic mass is 35.5. The molecule has 1 atom stereocenters. The van der Waals surface area contributed by atoms with Crippen LogP contribution in [-0.2, 0) is 4.79 Å². The van der Waals surface area contributed by atoms with Crippen LogP contribution in [0.5, 0.6) is 0 Å². The van der Waals surface area contributed by atoms with E-state index >= 15 is 0 Å². The number of halogens is 1. The molecule has 0 radical (unpaired) electrons. The number of carbonyl (C=O) groups excluding carboxylic acids is 2. The fraction of sp³-hybridized carbons (Fsp3) is 0.429. The van der Waals surface area contributed by atoms with Gasteiger partial charge in [-0.15, -0.1) is 12.4 Å². The van der Waals surface area contributed by atoms with Gasteiger partial charge in [0.1, 0.15) is 0 Å². The summed E-state index contributed by atoms with van der Waals surface area (Å²) >= 11 is 0. The highest BCUT2D eigenvalue weighted by Gasteiger charge is 2.23. The van der Waals surface area contributed by atoms with Gasteiger partial charge in [0.2, 0.25) is 5.91 Å². The maximum atomic E-state index is 12.1. The first kappa shape index (κ1) is 16.5. The number of anilines is 1. The van der Waals surface area contributed by atoms with Crippen molar-refractivity contribution in [2.45, 2.75) is 13.3 Å². The third kappa shape index (κ3) is 3.71. The molecular formula is C14H20ClN3O2. The summed E-state index contributed by atoms with van der Waals surface area (Å²) in [4.78, 5) is 23.9. The fourth-order valence-electron chi connectivity index (χ4n) is 2.20. The van der Waals surface area contributed by atoms with E-state index in [-0.39, 0.29) is 30.1 Å². The highest BCUT2D eigenvalue weighted by Crippen LogP contribution is 2.19. The van der Waals surface area contributed by atoms with Crippen molar-refractivity contribution in [2.24, 2.45) is 5.92 Å². The zero-order valence-corrected chi connectivity index (χ0v) is 12.5. The largest absolute Gasteiger partial charge is 0.355 e. The molecule has 2 amide bonds. The van der Waals surface area contributed by atoms with Gasteiger partial charge in [0.05, 0.1) is 17.2 Å². The van der Waals surface area contributed by atoms with Gasteiger partial charge in [-0.2, -0.15) is 0 Å². The van der Waals surface area contributed by atoms with Crippen molar-refractivity contribution in [2.75, 3.05) is 25.5 Å². The van der Waals surface area contributed by atoms with Crippen LogP contribution in [0.15, 0.2) is 18.2 Å². The monoisotopic (exact) mass is 297 g/mol. The molecule has 0 spiro atoms. The minimum Gasteiger partial charge on any atom is -0.355 e. The Balaban J connectivity index is 0.00000200. The third-order valence-corrected chi connectivity index (χ3v) is 3.34. The predicted octanol–water partition coefficient (Wildman–Crippen LogP) is 1.32. The van der Waals surface area contributed by atoms with E-state index in [0.717, 1.165) is 18.5 Å². The Morgan fingerprint density at radius 1 is 1.35 bits per heavy atom. The van der Waals surface area contributed by atoms with Crippen molar-refractivity contribution < 1.29 is 9.59 Å². The summed E-state index contributed by atoms with van der Waals surface area (Å²) in [5.41, 5.74) is 2.06. The number of benzene rings is 1. The molecular weight excluding hydrogens is 278 g/mol. The van der Waals surface area contributed by atoms with Crippen molar-refractivity contribution in [3.8, 4) is 0 Å². The van der Waals surface area contributed by atoms with Gasteiger partial charge in [-0.05, 0) is 32.0 Å². The Hall–Kier alpha value is -1.59. The van der Waals surface area contributed by atoms with Crippen LogP contribution in [0.1, 0.15) is 22.3 Å². The predicted molar refractivity (Wildman–Crippen MR) is 81.4 cm³/mol. The first-order valence-corrected chi connectivity index (χ1v) is 6.46. The van der Waals surface area contributed by atoms with Crippen LogP contribution < -0.4 is 16.0 Å². The topological polar surface area (TPSA) is 70.2 Å². The van der Waals surface area contributed by atoms with Gasteiger partial charge >= 0.3 is 0 Å². The van der Waals surface area contributed by atoms with E-state index in [1.165, 1.54) is 0 Å². The quantitative estimate of drug-likeness (QED) is 0.788. The molecule has 0 saturated carbocycles. The molecule has 5 nitrogen and oxygen atoms in total. The fourth-order valence-corrected chi connectivity index (χ4v) is 2.20. The molecule has 3 N–H and O–H groups in total. The smallest absolute Gasteiger partial charge is 0.253 e. The number of rotatable bonds is 3. The molecule has 2 rings (SSSR count). The molecule has 6 heteroatoms. The minimum absolute atomic E-state index is 0. The van der Waals surface area contributed by atoms with Gasteiger partial charge in [-0.1, -0.05) is 11.6 Å². The van der Waals surface area contributed by atoms with Crippen molar-refractivity contribution in [1.29, 1.82) is 0 Å². The Labute approximate surface area is 124 Å². The Morgan fingerprint density at radius 2 is 2.10 bits per heavy atom. The van der Waals surface area contributed by atoms with Crippen molar-refractivity contribution in [3.05, 3.63) is 29.3 Å². The Kier molecular flexibility index (Phi) is 5.98. The molecule has 0 bridgehead atoms. The molecule has 1 aliphatic heterocycles. The molecule has 110 valence electrons. The first-order valence-electron chi connectivity index (χ1n) is 6.46. The summed E-state index contributed by atoms with van der Waals surface area (Å²) in [5, 5.41) is 8.60. The summed E-state index contributed by atoms with van der Waals surface area (Å²) in [7, 11) is 1.58. The first-order chi connectivity index (χ1) is 9.11. The SMILES string of the molecule is CNC(=O)c1cc(C)ccc1NC(=O)C1CCNC1.Cl. The Bertz CT molecular complexity index is 499. The van der Waals surface area contributed by atoms with Crippen LogP contribution in [-0.4, -0.2) is 32.0 Å². The molecule has 0 aromatic heterocycles. The van der Waals surface area contributed by atoms with E-state index in [1.54, 1.807) is 19.2 Å². The zero-order valence-electron chi connectivity index (χ0n) is 11.7. The average Bonchev–Trinajstić information content (AvgIpc) is 2.94. The second kappa shape index (κ2) is 7.26. The lowest BCUT2D eigenvalue weighted by atomic mass is 10.1. The lowest BCUT2D eigenvalue weighted by molar-refractivity contribution is -0.119. The number of aryl methyl sites for hydroxylation is 1. The number of carbonyl (C=O) groups is 2. The van der Waals surface area contributed by atoms with E-state index in [2.05, 4.69) is 16.0 Å². The van der Waals surface area contributed by atoms with E-state index < -0.39 is 0 Å². The van der Waals surface area contributed by atoms with E-state index in [1.807, 2.05) is 13.0 Å². The summed E-state index contributed by atoms with van der Waals surface area (Å²) in [5.74, 6) is -0.235. The molecule has 1 fully saturated rings. The molecule has 1 heterocycles. The average molecular weight is 298 g/mol. The molecule has 20 heavy (non-hydrogen) atoms. The molecule has 1 saturated heterocycles. The van der Waals surface area contributed by atoms with Crippen LogP contribution in [0.2, 0.25) is 0 Å². The van der Waals surface area contributed by atoms with E-state index in [0.29, 0.717) is 17.8 Å². The number of nitrogens with one attached hydrogen (secondary N) is 3. The lowest BCUT2D eigenvalue weighted by Crippen LogP contribution is -2.27. The second-order valence-corrected chi connectivity index (χ2v) is 4.81. The van der Waals surface area contributed by atoms with Crippen LogP contribution in [0.4, 0.5) is 5.69 Å². The highest BCUT2D eigenvalue weighted by molar-refractivity contribution is 6.04. The molecule has 1 aromatic rings. The molecule has 1 unspecified atom stereocenters. The molecule has 1 aromatic carbocycles. The lowest BCUT2D eigenvalue weighted by Gasteiger charge is -2.13. The van der Waals surface area contributed by atoms with Gasteiger partial charge in [0.25, 0.3) is 5.91 Å². The number of hydrogen-bond acceptors (Lipinski definition) is 3. The summed E-state index contributed by atoms with van der Waals surface area (Å²) in [6.45, 7) is 3.49. The summed E-state index contributed by atoms with van der Waals surface area (Å²) < 4.78 is 0. The van der Waals surface area contributed by atoms with Gasteiger partial charge in [0.15, 0.2) is 0 Å². The van der Waals surface area contributed by atoms with E-state index in [9.17, 15) is 9.59 Å². The minimum atomic E-state index is -0.191. The standard InChI is InChI=1S/C14H19N3O2.ClH/c1-9-3-4-12(11(7-9)14(19)15-2)17-13(18)10-5-6-16-8-10;/h3-4,7,10,16H,5-6,8H2,1-2H3,(H,15,19)(H,17,18);1H. The van der Waals surface area contributed by atoms with E-state index in [4.69, 9.17) is 0 Å². The summed E-state index contributed by atoms with van der Waals surface area (Å²) in [6.07, 6.45) is 0.840.